The molecule has 2 N–H and O–H groups in total. The topological polar surface area (TPSA) is 60.7 Å². The third-order valence-electron chi connectivity index (χ3n) is 2.80. The number of rotatable bonds is 4. The molecule has 6 heteroatoms. The molecule has 4 nitrogen and oxygen atoms in total. The molecule has 0 unspecified atom stereocenters. The molecule has 21 heavy (non-hydrogen) atoms. The van der Waals surface area contributed by atoms with Crippen molar-refractivity contribution in [3.05, 3.63) is 59.5 Å². The molecule has 1 aromatic heterocycles. The van der Waals surface area contributed by atoms with Crippen molar-refractivity contribution < 1.29 is 4.39 Å². The van der Waals surface area contributed by atoms with Crippen molar-refractivity contribution in [1.29, 1.82) is 5.26 Å². The van der Waals surface area contributed by atoms with E-state index in [1.54, 1.807) is 36.5 Å². The molecule has 0 radical (unpaired) electrons. The molecule has 106 valence electrons. The van der Waals surface area contributed by atoms with Crippen molar-refractivity contribution in [2.45, 2.75) is 6.42 Å². The highest BCUT2D eigenvalue weighted by molar-refractivity contribution is 7.80. The number of nitrogens with one attached hydrogen (secondary N) is 2. The van der Waals surface area contributed by atoms with Crippen molar-refractivity contribution in [3.8, 4) is 6.07 Å². The van der Waals surface area contributed by atoms with E-state index in [1.165, 1.54) is 6.07 Å². The van der Waals surface area contributed by atoms with Gasteiger partial charge in [0.05, 0.1) is 5.56 Å². The van der Waals surface area contributed by atoms with Gasteiger partial charge in [-0.1, -0.05) is 18.2 Å². The van der Waals surface area contributed by atoms with Crippen LogP contribution in [-0.2, 0) is 6.42 Å². The number of hydrogen-bond donors (Lipinski definition) is 2. The van der Waals surface area contributed by atoms with Crippen LogP contribution in [0.25, 0.3) is 0 Å². The Kier molecular flexibility index (Phi) is 5.18. The van der Waals surface area contributed by atoms with Gasteiger partial charge in [0.2, 0.25) is 0 Å². The predicted molar refractivity (Wildman–Crippen MR) is 83.3 cm³/mol. The molecule has 1 heterocycles. The maximum Gasteiger partial charge on any atom is 0.171 e. The first-order valence-electron chi connectivity index (χ1n) is 6.34. The van der Waals surface area contributed by atoms with Crippen LogP contribution in [0.15, 0.2) is 42.6 Å². The largest absolute Gasteiger partial charge is 0.362 e. The van der Waals surface area contributed by atoms with E-state index in [4.69, 9.17) is 17.5 Å². The van der Waals surface area contributed by atoms with Gasteiger partial charge < -0.3 is 10.6 Å². The van der Waals surface area contributed by atoms with Gasteiger partial charge in [-0.25, -0.2) is 9.37 Å². The summed E-state index contributed by atoms with van der Waals surface area (Å²) in [6, 6.07) is 12.0. The Bertz CT molecular complexity index is 681. The maximum atomic E-state index is 13.4. The van der Waals surface area contributed by atoms with Crippen LogP contribution in [-0.4, -0.2) is 16.6 Å². The average Bonchev–Trinajstić information content (AvgIpc) is 2.50. The number of anilines is 1. The quantitative estimate of drug-likeness (QED) is 0.850. The molecular weight excluding hydrogens is 287 g/mol. The van der Waals surface area contributed by atoms with Crippen molar-refractivity contribution in [2.75, 3.05) is 11.9 Å². The highest BCUT2D eigenvalue weighted by Gasteiger charge is 2.05. The van der Waals surface area contributed by atoms with Crippen LogP contribution in [0.4, 0.5) is 10.2 Å². The minimum Gasteiger partial charge on any atom is -0.362 e. The highest BCUT2D eigenvalue weighted by atomic mass is 32.1. The lowest BCUT2D eigenvalue weighted by Crippen LogP contribution is -2.30. The number of nitrogens with zero attached hydrogens (tertiary/aromatic N) is 2. The van der Waals surface area contributed by atoms with Gasteiger partial charge in [0.15, 0.2) is 5.11 Å². The monoisotopic (exact) mass is 300 g/mol. The predicted octanol–water partition coefficient (Wildman–Crippen LogP) is 2.62. The van der Waals surface area contributed by atoms with Crippen molar-refractivity contribution in [1.82, 2.24) is 10.3 Å². The molecule has 1 aromatic carbocycles. The highest BCUT2D eigenvalue weighted by Crippen LogP contribution is 2.09. The van der Waals surface area contributed by atoms with Gasteiger partial charge in [-0.2, -0.15) is 5.26 Å². The molecule has 0 fully saturated rings. The standard InChI is InChI=1S/C15H13FN4S/c16-13-6-2-1-4-11(13)7-9-19-15(21)20-14-12(10-17)5-3-8-18-14/h1-6,8H,7,9H2,(H2,18,19,20,21). The maximum absolute atomic E-state index is 13.4. The summed E-state index contributed by atoms with van der Waals surface area (Å²) < 4.78 is 13.4. The van der Waals surface area contributed by atoms with E-state index in [9.17, 15) is 4.39 Å². The molecule has 0 saturated heterocycles. The Morgan fingerprint density at radius 3 is 2.86 bits per heavy atom. The second kappa shape index (κ2) is 7.31. The van der Waals surface area contributed by atoms with Crippen LogP contribution >= 0.6 is 12.2 Å². The average molecular weight is 300 g/mol. The Labute approximate surface area is 127 Å². The second-order valence-electron chi connectivity index (χ2n) is 4.23. The Hall–Kier alpha value is -2.52. The van der Waals surface area contributed by atoms with E-state index in [0.717, 1.165) is 0 Å². The smallest absolute Gasteiger partial charge is 0.171 e. The van der Waals surface area contributed by atoms with Gasteiger partial charge in [0.25, 0.3) is 0 Å². The third kappa shape index (κ3) is 4.23. The molecule has 0 atom stereocenters. The lowest BCUT2D eigenvalue weighted by Gasteiger charge is -2.10. The Balaban J connectivity index is 1.86. The van der Waals surface area contributed by atoms with Gasteiger partial charge in [-0.05, 0) is 42.4 Å². The molecule has 0 bridgehead atoms. The molecule has 2 aromatic rings. The van der Waals surface area contributed by atoms with Gasteiger partial charge in [-0.15, -0.1) is 0 Å². The Morgan fingerprint density at radius 2 is 2.10 bits per heavy atom. The molecule has 0 amide bonds. The summed E-state index contributed by atoms with van der Waals surface area (Å²) in [5.41, 5.74) is 1.04. The summed E-state index contributed by atoms with van der Waals surface area (Å²) in [6.45, 7) is 0.488. The van der Waals surface area contributed by atoms with Gasteiger partial charge in [0, 0.05) is 12.7 Å². The van der Waals surface area contributed by atoms with Crippen LogP contribution in [0.5, 0.6) is 0 Å². The number of pyridine rings is 1. The summed E-state index contributed by atoms with van der Waals surface area (Å²) in [5, 5.41) is 15.1. The second-order valence-corrected chi connectivity index (χ2v) is 4.64. The number of hydrogen-bond acceptors (Lipinski definition) is 3. The summed E-state index contributed by atoms with van der Waals surface area (Å²) in [6.07, 6.45) is 2.09. The summed E-state index contributed by atoms with van der Waals surface area (Å²) in [7, 11) is 0. The summed E-state index contributed by atoms with van der Waals surface area (Å²) in [5.74, 6) is 0.179. The van der Waals surface area contributed by atoms with Crippen LogP contribution in [0, 0.1) is 17.1 Å². The first-order valence-corrected chi connectivity index (χ1v) is 6.75. The van der Waals surface area contributed by atoms with E-state index in [-0.39, 0.29) is 5.82 Å². The number of halogens is 1. The van der Waals surface area contributed by atoms with Crippen LogP contribution in [0.2, 0.25) is 0 Å². The van der Waals surface area contributed by atoms with E-state index in [1.807, 2.05) is 6.07 Å². The minimum atomic E-state index is -0.227. The van der Waals surface area contributed by atoms with Crippen LogP contribution in [0.3, 0.4) is 0 Å². The molecule has 0 spiro atoms. The SMILES string of the molecule is N#Cc1cccnc1NC(=S)NCCc1ccccc1F. The van der Waals surface area contributed by atoms with Gasteiger partial charge in [0.1, 0.15) is 17.7 Å². The summed E-state index contributed by atoms with van der Waals surface area (Å²) in [4.78, 5) is 4.05. The molecule has 0 aliphatic heterocycles. The first-order chi connectivity index (χ1) is 10.2. The van der Waals surface area contributed by atoms with Gasteiger partial charge in [-0.3, -0.25) is 0 Å². The first kappa shape index (κ1) is 14.9. The molecule has 0 aliphatic carbocycles. The van der Waals surface area contributed by atoms with E-state index in [0.29, 0.717) is 35.0 Å². The lowest BCUT2D eigenvalue weighted by molar-refractivity contribution is 0.607. The molecule has 0 saturated carbocycles. The number of aromatic nitrogens is 1. The summed E-state index contributed by atoms with van der Waals surface area (Å²) >= 11 is 5.13. The molecule has 0 aliphatic rings. The van der Waals surface area contributed by atoms with E-state index < -0.39 is 0 Å². The van der Waals surface area contributed by atoms with Crippen molar-refractivity contribution >= 4 is 23.1 Å². The number of thiocarbonyl (C=S) groups is 1. The lowest BCUT2D eigenvalue weighted by atomic mass is 10.1. The van der Waals surface area contributed by atoms with Gasteiger partial charge >= 0.3 is 0 Å². The zero-order valence-electron chi connectivity index (χ0n) is 11.1. The zero-order valence-corrected chi connectivity index (χ0v) is 12.0. The number of nitriles is 1. The van der Waals surface area contributed by atoms with E-state index in [2.05, 4.69) is 15.6 Å². The van der Waals surface area contributed by atoms with Crippen LogP contribution < -0.4 is 10.6 Å². The normalized spacial score (nSPS) is 9.71. The zero-order chi connectivity index (χ0) is 15.1. The third-order valence-corrected chi connectivity index (χ3v) is 3.04. The fraction of sp³-hybridized carbons (Fsp3) is 0.133. The molecular formula is C15H13FN4S. The minimum absolute atomic E-state index is 0.227. The molecule has 2 rings (SSSR count). The van der Waals surface area contributed by atoms with Crippen molar-refractivity contribution in [3.63, 3.8) is 0 Å². The fourth-order valence-corrected chi connectivity index (χ4v) is 1.96. The van der Waals surface area contributed by atoms with E-state index >= 15 is 0 Å². The van der Waals surface area contributed by atoms with Crippen molar-refractivity contribution in [2.24, 2.45) is 0 Å². The fourth-order valence-electron chi connectivity index (χ4n) is 1.76. The Morgan fingerprint density at radius 1 is 1.29 bits per heavy atom. The number of benzene rings is 1. The van der Waals surface area contributed by atoms with Crippen LogP contribution in [0.1, 0.15) is 11.1 Å².